The minimum atomic E-state index is -0.261. The molecule has 2 nitrogen and oxygen atoms in total. The van der Waals surface area contributed by atoms with E-state index in [4.69, 9.17) is 0 Å². The standard InChI is InChI=1S/C14H9N2.C10H16P2.Os/c1-2-5-12-10-13(8-7-11(12)4-1)14-6-3-9-15-16-14;1-11(2)9-7-5-6-8-10(9)12(3)4;/h1-7,9-10H;5-8H,1-4H3;/q-1;;+1/p+2. The van der Waals surface area contributed by atoms with Crippen LogP contribution in [0.4, 0.5) is 0 Å². The Kier molecular flexibility index (Phi) is 9.53. The molecule has 5 heteroatoms. The van der Waals surface area contributed by atoms with Gasteiger partial charge in [0, 0.05) is 27.7 Å². The van der Waals surface area contributed by atoms with E-state index >= 15 is 0 Å². The maximum Gasteiger partial charge on any atom is 1.00 e. The zero-order valence-corrected chi connectivity index (χ0v) is 21.8. The number of hydrogen-bond acceptors (Lipinski definition) is 2. The van der Waals surface area contributed by atoms with Crippen LogP contribution >= 0.6 is 15.8 Å². The smallest absolute Gasteiger partial charge is 0.201 e. The van der Waals surface area contributed by atoms with Gasteiger partial charge in [0.15, 0.2) is 0 Å². The van der Waals surface area contributed by atoms with Crippen molar-refractivity contribution in [1.82, 2.24) is 10.2 Å². The summed E-state index contributed by atoms with van der Waals surface area (Å²) >= 11 is 0. The molecule has 3 aromatic carbocycles. The molecule has 0 aliphatic carbocycles. The second kappa shape index (κ2) is 11.6. The molecule has 1 aromatic heterocycles. The number of fused-ring (bicyclic) bond motifs is 1. The molecule has 4 rings (SSSR count). The molecule has 0 aliphatic heterocycles. The topological polar surface area (TPSA) is 25.8 Å². The minimum Gasteiger partial charge on any atom is -0.201 e. The van der Waals surface area contributed by atoms with Gasteiger partial charge in [-0.2, -0.15) is 5.10 Å². The zero-order chi connectivity index (χ0) is 19.9. The van der Waals surface area contributed by atoms with Gasteiger partial charge in [0.05, 0.1) is 26.7 Å². The first-order valence-corrected chi connectivity index (χ1v) is 14.4. The van der Waals surface area contributed by atoms with Crippen molar-refractivity contribution in [2.75, 3.05) is 26.7 Å². The van der Waals surface area contributed by atoms with E-state index in [1.165, 1.54) is 10.8 Å². The van der Waals surface area contributed by atoms with Crippen molar-refractivity contribution in [3.8, 4) is 11.3 Å². The number of benzene rings is 3. The fourth-order valence-electron chi connectivity index (χ4n) is 3.07. The van der Waals surface area contributed by atoms with E-state index in [1.54, 1.807) is 16.8 Å². The van der Waals surface area contributed by atoms with E-state index in [1.807, 2.05) is 30.3 Å². The van der Waals surface area contributed by atoms with Crippen molar-refractivity contribution >= 4 is 37.2 Å². The van der Waals surface area contributed by atoms with Crippen molar-refractivity contribution in [3.05, 3.63) is 85.1 Å². The molecule has 0 saturated heterocycles. The SMILES string of the molecule is C[PH+](C)c1ccccc1[PH+](C)C.[Os+].[c-]1cc2ccccc2cc1-c1cccnn1. The zero-order valence-electron chi connectivity index (χ0n) is 17.3. The van der Waals surface area contributed by atoms with Crippen LogP contribution in [-0.2, 0) is 19.8 Å². The summed E-state index contributed by atoms with van der Waals surface area (Å²) in [5.74, 6) is 0. The molecule has 1 heterocycles. The molecule has 0 atom stereocenters. The second-order valence-corrected chi connectivity index (χ2v) is 12.2. The van der Waals surface area contributed by atoms with Crippen LogP contribution < -0.4 is 10.6 Å². The average molecular weight is 596 g/mol. The number of nitrogens with zero attached hydrogens (tertiary/aromatic N) is 2. The summed E-state index contributed by atoms with van der Waals surface area (Å²) in [5, 5.41) is 13.6. The van der Waals surface area contributed by atoms with E-state index in [-0.39, 0.29) is 35.6 Å². The van der Waals surface area contributed by atoms with Gasteiger partial charge in [-0.05, 0) is 18.2 Å². The van der Waals surface area contributed by atoms with E-state index in [0.717, 1.165) is 11.3 Å². The van der Waals surface area contributed by atoms with E-state index in [0.29, 0.717) is 0 Å². The first-order chi connectivity index (χ1) is 13.6. The average Bonchev–Trinajstić information content (AvgIpc) is 2.74. The summed E-state index contributed by atoms with van der Waals surface area (Å²) in [6.45, 7) is 9.48. The van der Waals surface area contributed by atoms with Crippen molar-refractivity contribution in [3.63, 3.8) is 0 Å². The van der Waals surface area contributed by atoms with Gasteiger partial charge in [0.2, 0.25) is 0 Å². The van der Waals surface area contributed by atoms with Crippen LogP contribution in [0.3, 0.4) is 0 Å². The molecule has 1 radical (unpaired) electrons. The Hall–Kier alpha value is -1.50. The third-order valence-corrected chi connectivity index (χ3v) is 7.81. The molecule has 0 unspecified atom stereocenters. The summed E-state index contributed by atoms with van der Waals surface area (Å²) in [7, 11) is -0.522. The molecule has 29 heavy (non-hydrogen) atoms. The maximum absolute atomic E-state index is 4.07. The van der Waals surface area contributed by atoms with Gasteiger partial charge in [0.1, 0.15) is 10.6 Å². The van der Waals surface area contributed by atoms with Crippen LogP contribution in [0.25, 0.3) is 22.0 Å². The van der Waals surface area contributed by atoms with Gasteiger partial charge in [-0.15, -0.1) is 29.1 Å². The van der Waals surface area contributed by atoms with Crippen molar-refractivity contribution < 1.29 is 19.8 Å². The summed E-state index contributed by atoms with van der Waals surface area (Å²) < 4.78 is 0. The number of hydrogen-bond donors (Lipinski definition) is 0. The molecule has 0 N–H and O–H groups in total. The molecule has 0 aliphatic rings. The second-order valence-electron chi connectivity index (χ2n) is 7.13. The van der Waals surface area contributed by atoms with Gasteiger partial charge in [-0.25, -0.2) is 5.10 Å². The quantitative estimate of drug-likeness (QED) is 0.247. The van der Waals surface area contributed by atoms with Crippen LogP contribution in [0.1, 0.15) is 0 Å². The van der Waals surface area contributed by atoms with E-state index in [2.05, 4.69) is 85.4 Å². The molecule has 0 fully saturated rings. The molecule has 0 spiro atoms. The van der Waals surface area contributed by atoms with Crippen LogP contribution in [0.5, 0.6) is 0 Å². The van der Waals surface area contributed by atoms with Gasteiger partial charge >= 0.3 is 19.8 Å². The Morgan fingerprint density at radius 2 is 1.31 bits per heavy atom. The molecular formula is C24H27N2OsP2+2. The molecule has 149 valence electrons. The Morgan fingerprint density at radius 3 is 1.86 bits per heavy atom. The summed E-state index contributed by atoms with van der Waals surface area (Å²) in [5.41, 5.74) is 1.83. The Morgan fingerprint density at radius 1 is 0.724 bits per heavy atom. The Bertz CT molecular complexity index is 1010. The normalized spacial score (nSPS) is 10.4. The summed E-state index contributed by atoms with van der Waals surface area (Å²) in [4.78, 5) is 0. The van der Waals surface area contributed by atoms with Gasteiger partial charge in [0.25, 0.3) is 0 Å². The third kappa shape index (κ3) is 6.49. The summed E-state index contributed by atoms with van der Waals surface area (Å²) in [6, 6.07) is 28.3. The van der Waals surface area contributed by atoms with E-state index < -0.39 is 0 Å². The summed E-state index contributed by atoms with van der Waals surface area (Å²) in [6.07, 6.45) is 1.67. The van der Waals surface area contributed by atoms with Crippen LogP contribution in [-0.4, -0.2) is 36.9 Å². The number of aromatic nitrogens is 2. The van der Waals surface area contributed by atoms with E-state index in [9.17, 15) is 0 Å². The Labute approximate surface area is 189 Å². The third-order valence-electron chi connectivity index (χ3n) is 4.53. The van der Waals surface area contributed by atoms with Crippen LogP contribution in [0.2, 0.25) is 0 Å². The van der Waals surface area contributed by atoms with Crippen molar-refractivity contribution in [1.29, 1.82) is 0 Å². The fraction of sp³-hybridized carbons (Fsp3) is 0.167. The first-order valence-electron chi connectivity index (χ1n) is 9.45. The van der Waals surface area contributed by atoms with Crippen LogP contribution in [0, 0.1) is 6.07 Å². The Balaban J connectivity index is 0.000000209. The van der Waals surface area contributed by atoms with Gasteiger partial charge < -0.3 is 0 Å². The molecule has 0 amide bonds. The monoisotopic (exact) mass is 597 g/mol. The predicted molar refractivity (Wildman–Crippen MR) is 130 cm³/mol. The fourth-order valence-corrected chi connectivity index (χ4v) is 6.68. The minimum absolute atomic E-state index is 0. The molecule has 0 saturated carbocycles. The maximum atomic E-state index is 4.07. The van der Waals surface area contributed by atoms with Crippen LogP contribution in [0.15, 0.2) is 79.0 Å². The predicted octanol–water partition coefficient (Wildman–Crippen LogP) is 4.98. The van der Waals surface area contributed by atoms with Gasteiger partial charge in [-0.1, -0.05) is 47.9 Å². The molecular weight excluding hydrogens is 568 g/mol. The molecule has 0 bridgehead atoms. The first kappa shape index (κ1) is 23.8. The van der Waals surface area contributed by atoms with Crippen molar-refractivity contribution in [2.24, 2.45) is 0 Å². The van der Waals surface area contributed by atoms with Gasteiger partial charge in [-0.3, -0.25) is 0 Å². The largest absolute Gasteiger partial charge is 1.00 e. The molecule has 4 aromatic rings. The van der Waals surface area contributed by atoms with Crippen molar-refractivity contribution in [2.45, 2.75) is 0 Å². The number of rotatable bonds is 3.